The molecule has 2 aromatic rings. The molecule has 19 heavy (non-hydrogen) atoms. The molecule has 1 unspecified atom stereocenters. The van der Waals surface area contributed by atoms with Gasteiger partial charge in [0.15, 0.2) is 0 Å². The molecule has 1 atom stereocenters. The minimum absolute atomic E-state index is 0.0468. The summed E-state index contributed by atoms with van der Waals surface area (Å²) in [6.07, 6.45) is 1.51. The number of fused-ring (bicyclic) bond motifs is 1. The Morgan fingerprint density at radius 1 is 1.37 bits per heavy atom. The Morgan fingerprint density at radius 3 is 2.79 bits per heavy atom. The van der Waals surface area contributed by atoms with Crippen molar-refractivity contribution in [2.75, 3.05) is 5.32 Å². The third kappa shape index (κ3) is 3.41. The molecular formula is C13H18N4OS. The average Bonchev–Trinajstić information content (AvgIpc) is 2.75. The molecule has 0 radical (unpaired) electrons. The molecule has 5 nitrogen and oxygen atoms in total. The van der Waals surface area contributed by atoms with Crippen molar-refractivity contribution in [2.24, 2.45) is 0 Å². The molecule has 0 aromatic carbocycles. The number of hydrogen-bond donors (Lipinski definition) is 2. The number of aromatic nitrogens is 2. The topological polar surface area (TPSA) is 66.9 Å². The summed E-state index contributed by atoms with van der Waals surface area (Å²) in [7, 11) is 0. The molecule has 0 saturated carbocycles. The van der Waals surface area contributed by atoms with Crippen LogP contribution in [0.3, 0.4) is 0 Å². The van der Waals surface area contributed by atoms with E-state index in [1.54, 1.807) is 11.3 Å². The van der Waals surface area contributed by atoms with E-state index in [9.17, 15) is 4.79 Å². The van der Waals surface area contributed by atoms with Crippen LogP contribution in [0.25, 0.3) is 10.2 Å². The highest BCUT2D eigenvalue weighted by molar-refractivity contribution is 7.16. The van der Waals surface area contributed by atoms with Gasteiger partial charge in [-0.25, -0.2) is 9.97 Å². The number of nitrogens with zero attached hydrogens (tertiary/aromatic N) is 2. The zero-order valence-electron chi connectivity index (χ0n) is 11.5. The SMILES string of the molecule is CC(Nc1ncnc2sccc12)C(=O)NC(C)(C)C. The van der Waals surface area contributed by atoms with E-state index in [0.29, 0.717) is 5.82 Å². The maximum absolute atomic E-state index is 12.0. The van der Waals surface area contributed by atoms with Crippen LogP contribution in [0.4, 0.5) is 5.82 Å². The van der Waals surface area contributed by atoms with Gasteiger partial charge in [0.05, 0.1) is 5.39 Å². The van der Waals surface area contributed by atoms with E-state index >= 15 is 0 Å². The van der Waals surface area contributed by atoms with Crippen molar-refractivity contribution >= 4 is 33.3 Å². The number of amides is 1. The third-order valence-corrected chi connectivity index (χ3v) is 3.33. The Balaban J connectivity index is 2.12. The second-order valence-corrected chi connectivity index (χ2v) is 6.36. The summed E-state index contributed by atoms with van der Waals surface area (Å²) >= 11 is 1.56. The Bertz CT molecular complexity index is 588. The van der Waals surface area contributed by atoms with Crippen LogP contribution in [0.5, 0.6) is 0 Å². The highest BCUT2D eigenvalue weighted by atomic mass is 32.1. The second-order valence-electron chi connectivity index (χ2n) is 5.47. The first kappa shape index (κ1) is 13.7. The van der Waals surface area contributed by atoms with E-state index in [-0.39, 0.29) is 17.5 Å². The van der Waals surface area contributed by atoms with E-state index in [2.05, 4.69) is 20.6 Å². The van der Waals surface area contributed by atoms with E-state index in [4.69, 9.17) is 0 Å². The van der Waals surface area contributed by atoms with E-state index in [1.165, 1.54) is 6.33 Å². The maximum Gasteiger partial charge on any atom is 0.242 e. The molecular weight excluding hydrogens is 260 g/mol. The van der Waals surface area contributed by atoms with Crippen LogP contribution in [0.2, 0.25) is 0 Å². The van der Waals surface area contributed by atoms with E-state index in [0.717, 1.165) is 10.2 Å². The number of anilines is 1. The van der Waals surface area contributed by atoms with Crippen LogP contribution in [0.15, 0.2) is 17.8 Å². The first-order valence-electron chi connectivity index (χ1n) is 6.13. The average molecular weight is 278 g/mol. The van der Waals surface area contributed by atoms with Gasteiger partial charge in [0.25, 0.3) is 0 Å². The van der Waals surface area contributed by atoms with Crippen LogP contribution in [-0.2, 0) is 4.79 Å². The summed E-state index contributed by atoms with van der Waals surface area (Å²) in [4.78, 5) is 21.3. The summed E-state index contributed by atoms with van der Waals surface area (Å²) in [5.41, 5.74) is -0.240. The molecule has 2 heterocycles. The second kappa shape index (κ2) is 5.13. The van der Waals surface area contributed by atoms with Crippen molar-refractivity contribution in [1.29, 1.82) is 0 Å². The molecule has 0 aliphatic carbocycles. The smallest absolute Gasteiger partial charge is 0.242 e. The number of carbonyl (C=O) groups excluding carboxylic acids is 1. The number of rotatable bonds is 3. The summed E-state index contributed by atoms with van der Waals surface area (Å²) in [6, 6.07) is 1.61. The first-order chi connectivity index (χ1) is 8.87. The molecule has 2 N–H and O–H groups in total. The lowest BCUT2D eigenvalue weighted by atomic mass is 10.1. The zero-order chi connectivity index (χ0) is 14.0. The fourth-order valence-electron chi connectivity index (χ4n) is 1.65. The Labute approximate surface area is 116 Å². The highest BCUT2D eigenvalue weighted by Crippen LogP contribution is 2.24. The van der Waals surface area contributed by atoms with Crippen LogP contribution >= 0.6 is 11.3 Å². The molecule has 0 saturated heterocycles. The molecule has 1 amide bonds. The predicted octanol–water partition coefficient (Wildman–Crippen LogP) is 2.41. The molecule has 102 valence electrons. The standard InChI is InChI=1S/C13H18N4OS/c1-8(11(18)17-13(2,3)4)16-10-9-5-6-19-12(9)15-7-14-10/h5-8H,1-4H3,(H,17,18)(H,14,15,16). The van der Waals surface area contributed by atoms with Gasteiger partial charge in [-0.3, -0.25) is 4.79 Å². The first-order valence-corrected chi connectivity index (χ1v) is 7.01. The minimum Gasteiger partial charge on any atom is -0.358 e. The molecule has 0 aliphatic rings. The number of carbonyl (C=O) groups is 1. The number of thiophene rings is 1. The highest BCUT2D eigenvalue weighted by Gasteiger charge is 2.20. The molecule has 2 aromatic heterocycles. The van der Waals surface area contributed by atoms with E-state index < -0.39 is 0 Å². The quantitative estimate of drug-likeness (QED) is 0.904. The predicted molar refractivity (Wildman–Crippen MR) is 78.4 cm³/mol. The molecule has 0 bridgehead atoms. The monoisotopic (exact) mass is 278 g/mol. The number of nitrogens with one attached hydrogen (secondary N) is 2. The van der Waals surface area contributed by atoms with Gasteiger partial charge in [-0.15, -0.1) is 11.3 Å². The van der Waals surface area contributed by atoms with Crippen molar-refractivity contribution in [3.63, 3.8) is 0 Å². The van der Waals surface area contributed by atoms with Crippen LogP contribution in [0, 0.1) is 0 Å². The van der Waals surface area contributed by atoms with Crippen molar-refractivity contribution in [2.45, 2.75) is 39.3 Å². The van der Waals surface area contributed by atoms with Crippen LogP contribution in [-0.4, -0.2) is 27.5 Å². The van der Waals surface area contributed by atoms with Gasteiger partial charge >= 0.3 is 0 Å². The lowest BCUT2D eigenvalue weighted by Crippen LogP contribution is -2.47. The van der Waals surface area contributed by atoms with Gasteiger partial charge in [-0.1, -0.05) is 0 Å². The summed E-state index contributed by atoms with van der Waals surface area (Å²) in [6.45, 7) is 7.69. The normalized spacial score (nSPS) is 13.3. The van der Waals surface area contributed by atoms with E-state index in [1.807, 2.05) is 39.1 Å². The molecule has 0 fully saturated rings. The summed E-state index contributed by atoms with van der Waals surface area (Å²) in [5.74, 6) is 0.650. The molecule has 2 rings (SSSR count). The van der Waals surface area contributed by atoms with Gasteiger partial charge in [-0.05, 0) is 39.1 Å². The van der Waals surface area contributed by atoms with Gasteiger partial charge in [0.1, 0.15) is 23.0 Å². The summed E-state index contributed by atoms with van der Waals surface area (Å²) < 4.78 is 0. The van der Waals surface area contributed by atoms with Crippen molar-refractivity contribution in [3.8, 4) is 0 Å². The summed E-state index contributed by atoms with van der Waals surface area (Å²) in [5, 5.41) is 8.99. The van der Waals surface area contributed by atoms with Crippen molar-refractivity contribution < 1.29 is 4.79 Å². The Kier molecular flexibility index (Phi) is 3.71. The lowest BCUT2D eigenvalue weighted by Gasteiger charge is -2.24. The number of hydrogen-bond acceptors (Lipinski definition) is 5. The van der Waals surface area contributed by atoms with Gasteiger partial charge in [-0.2, -0.15) is 0 Å². The van der Waals surface area contributed by atoms with Gasteiger partial charge < -0.3 is 10.6 Å². The van der Waals surface area contributed by atoms with Gasteiger partial charge in [0, 0.05) is 5.54 Å². The fourth-order valence-corrected chi connectivity index (χ4v) is 2.39. The van der Waals surface area contributed by atoms with Crippen LogP contribution in [0.1, 0.15) is 27.7 Å². The lowest BCUT2D eigenvalue weighted by molar-refractivity contribution is -0.122. The van der Waals surface area contributed by atoms with Gasteiger partial charge in [0.2, 0.25) is 5.91 Å². The molecule has 0 spiro atoms. The third-order valence-electron chi connectivity index (χ3n) is 2.51. The van der Waals surface area contributed by atoms with Crippen LogP contribution < -0.4 is 10.6 Å². The minimum atomic E-state index is -0.350. The maximum atomic E-state index is 12.0. The van der Waals surface area contributed by atoms with Crippen molar-refractivity contribution in [1.82, 2.24) is 15.3 Å². The molecule has 6 heteroatoms. The molecule has 0 aliphatic heterocycles. The van der Waals surface area contributed by atoms with Crippen molar-refractivity contribution in [3.05, 3.63) is 17.8 Å². The largest absolute Gasteiger partial charge is 0.358 e. The fraction of sp³-hybridized carbons (Fsp3) is 0.462. The Morgan fingerprint density at radius 2 is 2.11 bits per heavy atom. The zero-order valence-corrected chi connectivity index (χ0v) is 12.3. The Hall–Kier alpha value is -1.69.